The molecule has 3 aliphatic rings. The minimum atomic E-state index is 0.815. The lowest BCUT2D eigenvalue weighted by Crippen LogP contribution is -2.07. The van der Waals surface area contributed by atoms with Gasteiger partial charge in [0.05, 0.1) is 20.3 Å². The van der Waals surface area contributed by atoms with Gasteiger partial charge in [-0.15, -0.1) is 0 Å². The van der Waals surface area contributed by atoms with Crippen LogP contribution < -0.4 is 4.37 Å². The van der Waals surface area contributed by atoms with Crippen molar-refractivity contribution in [1.82, 2.24) is 13.3 Å². The van der Waals surface area contributed by atoms with Crippen molar-refractivity contribution in [3.05, 3.63) is 15.0 Å². The quantitative estimate of drug-likeness (QED) is 0.667. The maximum absolute atomic E-state index is 6.37. The highest BCUT2D eigenvalue weighted by Crippen LogP contribution is 2.37. The van der Waals surface area contributed by atoms with Crippen molar-refractivity contribution in [3.8, 4) is 10.7 Å². The van der Waals surface area contributed by atoms with Crippen molar-refractivity contribution in [2.75, 3.05) is 0 Å². The molecular weight excluding hydrogens is 302 g/mol. The average molecular weight is 309 g/mol. The van der Waals surface area contributed by atoms with Crippen LogP contribution in [0.2, 0.25) is 5.02 Å². The number of fused-ring (bicyclic) bond motifs is 1. The predicted molar refractivity (Wildman–Crippen MR) is 71.9 cm³/mol. The van der Waals surface area contributed by atoms with Crippen LogP contribution in [0.3, 0.4) is 0 Å². The van der Waals surface area contributed by atoms with E-state index in [-0.39, 0.29) is 0 Å². The van der Waals surface area contributed by atoms with Gasteiger partial charge in [-0.05, 0) is 12.0 Å². The van der Waals surface area contributed by atoms with Gasteiger partial charge in [0.25, 0.3) is 0 Å². The minimum absolute atomic E-state index is 0.815. The van der Waals surface area contributed by atoms with Crippen LogP contribution in [0.1, 0.15) is 13.3 Å². The van der Waals surface area contributed by atoms with E-state index in [4.69, 9.17) is 11.6 Å². The Balaban J connectivity index is 2.51. The summed E-state index contributed by atoms with van der Waals surface area (Å²) in [5.74, 6) is 0.979. The number of nitrogens with zero attached hydrogens (tertiary/aromatic N) is 3. The van der Waals surface area contributed by atoms with Gasteiger partial charge in [-0.2, -0.15) is 4.37 Å². The van der Waals surface area contributed by atoms with Crippen molar-refractivity contribution in [3.63, 3.8) is 0 Å². The van der Waals surface area contributed by atoms with Crippen molar-refractivity contribution in [2.24, 2.45) is 0 Å². The molecule has 0 fully saturated rings. The number of rotatable bonds is 2. The molecule has 3 rings (SSSR count). The maximum Gasteiger partial charge on any atom is 0.0855 e. The van der Waals surface area contributed by atoms with E-state index < -0.39 is 0 Å². The van der Waals surface area contributed by atoms with Crippen LogP contribution in [0.15, 0.2) is 0 Å². The SMILES string of the molecule is CCCn1c2nssc-2c(Cl)c2ss[n-]c1=2. The Bertz CT molecular complexity index is 663. The summed E-state index contributed by atoms with van der Waals surface area (Å²) in [5, 5.41) is 0.815. The van der Waals surface area contributed by atoms with E-state index in [1.54, 1.807) is 20.7 Å². The standard InChI is InChI=1S/C8H7ClN3S4/c1-2-3-12-7-5(13-15-10-7)4(9)6-8(12)11-16-14-6/h2-3H2,1H3/q-1. The van der Waals surface area contributed by atoms with Gasteiger partial charge >= 0.3 is 0 Å². The van der Waals surface area contributed by atoms with Gasteiger partial charge in [-0.3, -0.25) is 0 Å². The molecule has 0 saturated carbocycles. The summed E-state index contributed by atoms with van der Waals surface area (Å²) in [5.41, 5.74) is 0.979. The first kappa shape index (κ1) is 11.0. The van der Waals surface area contributed by atoms with Crippen LogP contribution in [-0.4, -0.2) is 8.94 Å². The molecule has 0 unspecified atom stereocenters. The Morgan fingerprint density at radius 1 is 1.44 bits per heavy atom. The molecule has 3 heterocycles. The Morgan fingerprint density at radius 3 is 3.12 bits per heavy atom. The fourth-order valence-corrected chi connectivity index (χ4v) is 6.04. The van der Waals surface area contributed by atoms with E-state index >= 15 is 0 Å². The fourth-order valence-electron chi connectivity index (χ4n) is 1.59. The molecule has 8 heteroatoms. The molecule has 0 aromatic carbocycles. The molecular formula is C8H7ClN3S4-. The summed E-state index contributed by atoms with van der Waals surface area (Å²) in [7, 11) is 6.24. The number of aromatic nitrogens is 3. The Kier molecular flexibility index (Phi) is 2.97. The summed E-state index contributed by atoms with van der Waals surface area (Å²) < 4.78 is 12.1. The van der Waals surface area contributed by atoms with Crippen molar-refractivity contribution >= 4 is 53.4 Å². The van der Waals surface area contributed by atoms with Crippen LogP contribution in [0.4, 0.5) is 0 Å². The second-order valence-corrected chi connectivity index (χ2v) is 7.35. The maximum atomic E-state index is 6.37. The Labute approximate surface area is 112 Å². The van der Waals surface area contributed by atoms with Crippen molar-refractivity contribution in [1.29, 1.82) is 0 Å². The lowest BCUT2D eigenvalue weighted by atomic mass is 10.3. The van der Waals surface area contributed by atoms with Gasteiger partial charge in [-0.1, -0.05) is 56.2 Å². The summed E-state index contributed by atoms with van der Waals surface area (Å²) in [6.07, 6.45) is 1.07. The monoisotopic (exact) mass is 308 g/mol. The predicted octanol–water partition coefficient (Wildman–Crippen LogP) is 4.10. The molecule has 3 aliphatic heterocycles. The molecule has 0 radical (unpaired) electrons. The van der Waals surface area contributed by atoms with E-state index in [0.717, 1.165) is 38.7 Å². The third kappa shape index (κ3) is 1.53. The third-order valence-corrected chi connectivity index (χ3v) is 6.50. The number of hydrogen-bond donors (Lipinski definition) is 0. The molecule has 0 aromatic rings. The van der Waals surface area contributed by atoms with E-state index in [0.29, 0.717) is 0 Å². The molecule has 0 N–H and O–H groups in total. The largest absolute Gasteiger partial charge is 0.425 e. The first-order chi connectivity index (χ1) is 7.83. The summed E-state index contributed by atoms with van der Waals surface area (Å²) >= 11 is 6.37. The van der Waals surface area contributed by atoms with E-state index in [9.17, 15) is 0 Å². The Morgan fingerprint density at radius 2 is 2.31 bits per heavy atom. The Hall–Kier alpha value is -0.0800. The van der Waals surface area contributed by atoms with Crippen molar-refractivity contribution in [2.45, 2.75) is 19.9 Å². The molecule has 0 saturated heterocycles. The zero-order valence-electron chi connectivity index (χ0n) is 8.27. The average Bonchev–Trinajstić information content (AvgIpc) is 2.92. The van der Waals surface area contributed by atoms with Gasteiger partial charge in [0.1, 0.15) is 0 Å². The molecule has 3 nitrogen and oxygen atoms in total. The van der Waals surface area contributed by atoms with Gasteiger partial charge in [0.2, 0.25) is 0 Å². The van der Waals surface area contributed by atoms with E-state index in [1.165, 1.54) is 21.1 Å². The second kappa shape index (κ2) is 4.30. The minimum Gasteiger partial charge on any atom is -0.425 e. The molecule has 0 amide bonds. The number of hydrogen-bond acceptors (Lipinski definition) is 5. The van der Waals surface area contributed by atoms with E-state index in [2.05, 4.69) is 20.2 Å². The first-order valence-electron chi connectivity index (χ1n) is 4.71. The normalized spacial score (nSPS) is 11.6. The van der Waals surface area contributed by atoms with Gasteiger partial charge in [-0.25, -0.2) is 0 Å². The van der Waals surface area contributed by atoms with Crippen LogP contribution in [0.25, 0.3) is 10.7 Å². The molecule has 0 bridgehead atoms. The van der Waals surface area contributed by atoms with Crippen molar-refractivity contribution < 1.29 is 0 Å². The van der Waals surface area contributed by atoms with Gasteiger partial charge < -0.3 is 8.94 Å². The van der Waals surface area contributed by atoms with Gasteiger partial charge in [0.15, 0.2) is 0 Å². The number of halogens is 1. The zero-order chi connectivity index (χ0) is 11.1. The molecule has 0 spiro atoms. The highest BCUT2D eigenvalue weighted by atomic mass is 35.5. The molecule has 16 heavy (non-hydrogen) atoms. The lowest BCUT2D eigenvalue weighted by Gasteiger charge is -2.18. The molecule has 0 aromatic heterocycles. The fraction of sp³-hybridized carbons (Fsp3) is 0.375. The highest BCUT2D eigenvalue weighted by Gasteiger charge is 2.13. The smallest absolute Gasteiger partial charge is 0.0855 e. The van der Waals surface area contributed by atoms with Crippen LogP contribution in [-0.2, 0) is 6.54 Å². The highest BCUT2D eigenvalue weighted by molar-refractivity contribution is 7.68. The second-order valence-electron chi connectivity index (χ2n) is 3.27. The van der Waals surface area contributed by atoms with Gasteiger partial charge in [0, 0.05) is 10.5 Å². The first-order valence-corrected chi connectivity index (χ1v) is 9.30. The topological polar surface area (TPSA) is 31.9 Å². The van der Waals surface area contributed by atoms with Crippen LogP contribution in [0.5, 0.6) is 0 Å². The zero-order valence-corrected chi connectivity index (χ0v) is 12.3. The lowest BCUT2D eigenvalue weighted by molar-refractivity contribution is 0.648. The summed E-state index contributed by atoms with van der Waals surface area (Å²) in [4.78, 5) is 1.09. The molecule has 0 atom stereocenters. The van der Waals surface area contributed by atoms with Crippen LogP contribution >= 0.6 is 53.4 Å². The summed E-state index contributed by atoms with van der Waals surface area (Å²) in [6.45, 7) is 3.10. The molecule has 0 aliphatic carbocycles. The van der Waals surface area contributed by atoms with E-state index in [1.807, 2.05) is 0 Å². The molecule has 86 valence electrons. The third-order valence-electron chi connectivity index (χ3n) is 2.25. The summed E-state index contributed by atoms with van der Waals surface area (Å²) in [6, 6.07) is 0. The van der Waals surface area contributed by atoms with Crippen LogP contribution in [0, 0.1) is 10.0 Å².